The van der Waals surface area contributed by atoms with Crippen LogP contribution in [0.1, 0.15) is 13.8 Å². The molecule has 0 saturated heterocycles. The summed E-state index contributed by atoms with van der Waals surface area (Å²) >= 11 is 6.15. The highest BCUT2D eigenvalue weighted by Gasteiger charge is 2.17. The molecular formula is C15H24ClN3O2. The molecule has 1 amide bonds. The van der Waals surface area contributed by atoms with Gasteiger partial charge in [0.2, 0.25) is 5.91 Å². The van der Waals surface area contributed by atoms with E-state index in [1.807, 2.05) is 32.8 Å². The van der Waals surface area contributed by atoms with Gasteiger partial charge in [-0.05, 0) is 38.2 Å². The lowest BCUT2D eigenvalue weighted by atomic mass is 10.0. The minimum atomic E-state index is -0.542. The van der Waals surface area contributed by atoms with E-state index in [0.717, 1.165) is 6.54 Å². The summed E-state index contributed by atoms with van der Waals surface area (Å²) in [5.41, 5.74) is 6.41. The van der Waals surface area contributed by atoms with Gasteiger partial charge in [-0.15, -0.1) is 0 Å². The van der Waals surface area contributed by atoms with E-state index in [9.17, 15) is 4.79 Å². The summed E-state index contributed by atoms with van der Waals surface area (Å²) in [7, 11) is 3.95. The summed E-state index contributed by atoms with van der Waals surface area (Å²) in [6, 6.07) is 4.62. The Kier molecular flexibility index (Phi) is 6.95. The van der Waals surface area contributed by atoms with E-state index in [4.69, 9.17) is 22.1 Å². The molecule has 0 aliphatic heterocycles. The predicted molar refractivity (Wildman–Crippen MR) is 86.9 cm³/mol. The van der Waals surface area contributed by atoms with Gasteiger partial charge in [0, 0.05) is 12.2 Å². The number of likely N-dealkylation sites (N-methyl/N-ethyl adjacent to an activating group) is 1. The lowest BCUT2D eigenvalue weighted by Crippen LogP contribution is -2.39. The first-order valence-corrected chi connectivity index (χ1v) is 7.32. The Morgan fingerprint density at radius 1 is 1.43 bits per heavy atom. The maximum atomic E-state index is 11.9. The van der Waals surface area contributed by atoms with Crippen LogP contribution in [0.5, 0.6) is 5.75 Å². The van der Waals surface area contributed by atoms with Gasteiger partial charge in [-0.3, -0.25) is 4.79 Å². The van der Waals surface area contributed by atoms with Crippen molar-refractivity contribution in [2.24, 2.45) is 11.7 Å². The summed E-state index contributed by atoms with van der Waals surface area (Å²) in [4.78, 5) is 13.9. The monoisotopic (exact) mass is 313 g/mol. The highest BCUT2D eigenvalue weighted by atomic mass is 35.5. The molecule has 5 nitrogen and oxygen atoms in total. The van der Waals surface area contributed by atoms with Crippen molar-refractivity contribution >= 4 is 23.2 Å². The minimum absolute atomic E-state index is 0.0779. The second kappa shape index (κ2) is 8.22. The van der Waals surface area contributed by atoms with Crippen LogP contribution in [-0.4, -0.2) is 44.1 Å². The van der Waals surface area contributed by atoms with E-state index in [1.165, 1.54) is 0 Å². The third-order valence-corrected chi connectivity index (χ3v) is 3.31. The van der Waals surface area contributed by atoms with Crippen molar-refractivity contribution in [3.63, 3.8) is 0 Å². The first-order chi connectivity index (χ1) is 9.81. The Balaban J connectivity index is 2.63. The van der Waals surface area contributed by atoms with Gasteiger partial charge in [-0.1, -0.05) is 25.4 Å². The molecule has 0 unspecified atom stereocenters. The molecule has 3 N–H and O–H groups in total. The Hall–Kier alpha value is -1.30. The molecule has 0 saturated carbocycles. The Morgan fingerprint density at radius 2 is 2.10 bits per heavy atom. The summed E-state index contributed by atoms with van der Waals surface area (Å²) in [6.07, 6.45) is 0. The number of amides is 1. The third kappa shape index (κ3) is 5.91. The minimum Gasteiger partial charge on any atom is -0.491 e. The smallest absolute Gasteiger partial charge is 0.241 e. The van der Waals surface area contributed by atoms with Crippen molar-refractivity contribution in [2.75, 3.05) is 32.6 Å². The number of nitrogens with zero attached hydrogens (tertiary/aromatic N) is 1. The summed E-state index contributed by atoms with van der Waals surface area (Å²) in [5, 5.41) is 3.22. The summed E-state index contributed by atoms with van der Waals surface area (Å²) in [5.74, 6) is 0.459. The van der Waals surface area contributed by atoms with Gasteiger partial charge in [0.05, 0.1) is 11.1 Å². The van der Waals surface area contributed by atoms with E-state index < -0.39 is 6.04 Å². The average molecular weight is 314 g/mol. The number of nitrogens with one attached hydrogen (secondary N) is 1. The number of hydrogen-bond donors (Lipinski definition) is 2. The van der Waals surface area contributed by atoms with E-state index in [1.54, 1.807) is 18.2 Å². The zero-order chi connectivity index (χ0) is 16.0. The van der Waals surface area contributed by atoms with Crippen LogP contribution in [0.2, 0.25) is 5.02 Å². The fourth-order valence-electron chi connectivity index (χ4n) is 1.56. The van der Waals surface area contributed by atoms with E-state index >= 15 is 0 Å². The number of carbonyl (C=O) groups excluding carboxylic acids is 1. The zero-order valence-corrected chi connectivity index (χ0v) is 13.8. The van der Waals surface area contributed by atoms with Crippen molar-refractivity contribution in [3.8, 4) is 5.75 Å². The summed E-state index contributed by atoms with van der Waals surface area (Å²) in [6.45, 7) is 5.16. The third-order valence-electron chi connectivity index (χ3n) is 3.02. The molecule has 21 heavy (non-hydrogen) atoms. The van der Waals surface area contributed by atoms with Gasteiger partial charge in [0.1, 0.15) is 12.4 Å². The Labute approximate surface area is 131 Å². The molecule has 0 bridgehead atoms. The fourth-order valence-corrected chi connectivity index (χ4v) is 1.80. The van der Waals surface area contributed by atoms with Crippen LogP contribution in [0.4, 0.5) is 5.69 Å². The first-order valence-electron chi connectivity index (χ1n) is 6.94. The molecule has 0 aliphatic rings. The number of nitrogens with two attached hydrogens (primary N) is 1. The van der Waals surface area contributed by atoms with Crippen molar-refractivity contribution in [3.05, 3.63) is 23.2 Å². The number of anilines is 1. The molecule has 6 heteroatoms. The molecule has 1 rings (SSSR count). The van der Waals surface area contributed by atoms with Gasteiger partial charge in [-0.2, -0.15) is 0 Å². The zero-order valence-electron chi connectivity index (χ0n) is 13.0. The molecule has 0 heterocycles. The Bertz CT molecular complexity index is 478. The van der Waals surface area contributed by atoms with Crippen LogP contribution >= 0.6 is 11.6 Å². The Morgan fingerprint density at radius 3 is 2.62 bits per heavy atom. The number of benzene rings is 1. The molecule has 0 aromatic heterocycles. The molecule has 0 aliphatic carbocycles. The maximum absolute atomic E-state index is 11.9. The number of carbonyl (C=O) groups is 1. The lowest BCUT2D eigenvalue weighted by molar-refractivity contribution is -0.118. The predicted octanol–water partition coefficient (Wildman–Crippen LogP) is 2.20. The number of ether oxygens (including phenoxy) is 1. The second-order valence-corrected chi connectivity index (χ2v) is 5.96. The quantitative estimate of drug-likeness (QED) is 0.810. The first kappa shape index (κ1) is 17.8. The van der Waals surface area contributed by atoms with E-state index in [0.29, 0.717) is 23.1 Å². The van der Waals surface area contributed by atoms with Crippen LogP contribution in [-0.2, 0) is 4.79 Å². The van der Waals surface area contributed by atoms with Crippen molar-refractivity contribution in [2.45, 2.75) is 19.9 Å². The standard InChI is InChI=1S/C15H24ClN3O2/c1-10(2)14(17)15(20)18-11-5-6-13(12(16)9-11)21-8-7-19(3)4/h5-6,9-10,14H,7-8,17H2,1-4H3,(H,18,20)/t14-/m0/s1. The fraction of sp³-hybridized carbons (Fsp3) is 0.533. The van der Waals surface area contributed by atoms with Crippen LogP contribution in [0, 0.1) is 5.92 Å². The van der Waals surface area contributed by atoms with Gasteiger partial charge in [0.25, 0.3) is 0 Å². The van der Waals surface area contributed by atoms with Crippen molar-refractivity contribution in [1.82, 2.24) is 4.90 Å². The van der Waals surface area contributed by atoms with Crippen molar-refractivity contribution in [1.29, 1.82) is 0 Å². The van der Waals surface area contributed by atoms with Crippen LogP contribution < -0.4 is 15.8 Å². The lowest BCUT2D eigenvalue weighted by Gasteiger charge is -2.16. The van der Waals surface area contributed by atoms with Gasteiger partial charge in [0.15, 0.2) is 0 Å². The average Bonchev–Trinajstić information content (AvgIpc) is 2.39. The SMILES string of the molecule is CC(C)[C@H](N)C(=O)Nc1ccc(OCCN(C)C)c(Cl)c1. The topological polar surface area (TPSA) is 67.6 Å². The van der Waals surface area contributed by atoms with E-state index in [-0.39, 0.29) is 11.8 Å². The highest BCUT2D eigenvalue weighted by Crippen LogP contribution is 2.27. The van der Waals surface area contributed by atoms with E-state index in [2.05, 4.69) is 5.32 Å². The van der Waals surface area contributed by atoms with Gasteiger partial charge < -0.3 is 20.7 Å². The van der Waals surface area contributed by atoms with Gasteiger partial charge in [-0.25, -0.2) is 0 Å². The normalized spacial score (nSPS) is 12.6. The second-order valence-electron chi connectivity index (χ2n) is 5.56. The van der Waals surface area contributed by atoms with Gasteiger partial charge >= 0.3 is 0 Å². The van der Waals surface area contributed by atoms with Crippen LogP contribution in [0.25, 0.3) is 0 Å². The van der Waals surface area contributed by atoms with Crippen molar-refractivity contribution < 1.29 is 9.53 Å². The molecule has 1 aromatic carbocycles. The van der Waals surface area contributed by atoms with Crippen LogP contribution in [0.3, 0.4) is 0 Å². The van der Waals surface area contributed by atoms with Crippen LogP contribution in [0.15, 0.2) is 18.2 Å². The largest absolute Gasteiger partial charge is 0.491 e. The molecule has 0 radical (unpaired) electrons. The number of rotatable bonds is 7. The maximum Gasteiger partial charge on any atom is 0.241 e. The molecule has 0 spiro atoms. The molecular weight excluding hydrogens is 290 g/mol. The molecule has 118 valence electrons. The molecule has 1 aromatic rings. The molecule has 0 fully saturated rings. The summed E-state index contributed by atoms with van der Waals surface area (Å²) < 4.78 is 5.58. The highest BCUT2D eigenvalue weighted by molar-refractivity contribution is 6.32. The number of hydrogen-bond acceptors (Lipinski definition) is 4. The molecule has 1 atom stereocenters. The number of halogens is 1.